The Labute approximate surface area is 147 Å². The second-order valence-electron chi connectivity index (χ2n) is 6.58. The summed E-state index contributed by atoms with van der Waals surface area (Å²) in [6, 6.07) is 14.5. The van der Waals surface area contributed by atoms with Crippen molar-refractivity contribution in [2.24, 2.45) is 0 Å². The highest BCUT2D eigenvalue weighted by Crippen LogP contribution is 2.22. The zero-order valence-electron chi connectivity index (χ0n) is 14.3. The van der Waals surface area contributed by atoms with Crippen molar-refractivity contribution in [1.82, 2.24) is 10.0 Å². The van der Waals surface area contributed by atoms with E-state index in [1.54, 1.807) is 12.1 Å². The molecule has 0 unspecified atom stereocenters. The average molecular weight is 342 g/mol. The Bertz CT molecular complexity index is 734. The molecule has 2 rings (SSSR count). The van der Waals surface area contributed by atoms with Gasteiger partial charge in [-0.3, -0.25) is 14.8 Å². The first-order chi connectivity index (χ1) is 11.3. The summed E-state index contributed by atoms with van der Waals surface area (Å²) < 4.78 is 2.62. The lowest BCUT2D eigenvalue weighted by molar-refractivity contribution is 0.0965. The minimum atomic E-state index is -0.534. The summed E-state index contributed by atoms with van der Waals surface area (Å²) >= 11 is 1.18. The Morgan fingerprint density at radius 3 is 2.17 bits per heavy atom. The summed E-state index contributed by atoms with van der Waals surface area (Å²) in [6.45, 7) is 8.29. The summed E-state index contributed by atoms with van der Waals surface area (Å²) in [7, 11) is 0. The third-order valence-electron chi connectivity index (χ3n) is 3.59. The van der Waals surface area contributed by atoms with Gasteiger partial charge in [0.15, 0.2) is 0 Å². The van der Waals surface area contributed by atoms with Gasteiger partial charge in [-0.2, -0.15) is 0 Å². The summed E-state index contributed by atoms with van der Waals surface area (Å²) in [4.78, 5) is 24.9. The summed E-state index contributed by atoms with van der Waals surface area (Å²) in [5.41, 5.74) is 2.68. The van der Waals surface area contributed by atoms with E-state index in [0.717, 1.165) is 16.0 Å². The van der Waals surface area contributed by atoms with Gasteiger partial charge in [-0.25, -0.2) is 4.79 Å². The number of aryl methyl sites for hydroxylation is 1. The maximum absolute atomic E-state index is 12.1. The van der Waals surface area contributed by atoms with Crippen molar-refractivity contribution < 1.29 is 9.59 Å². The van der Waals surface area contributed by atoms with Crippen LogP contribution in [0.1, 0.15) is 42.3 Å². The number of nitrogens with one attached hydrogen (secondary N) is 2. The van der Waals surface area contributed by atoms with Gasteiger partial charge in [-0.05, 0) is 53.6 Å². The van der Waals surface area contributed by atoms with Crippen molar-refractivity contribution in [3.05, 3.63) is 65.2 Å². The number of rotatable bonds is 3. The molecule has 0 aliphatic carbocycles. The van der Waals surface area contributed by atoms with E-state index in [9.17, 15) is 9.59 Å². The average Bonchev–Trinajstić information content (AvgIpc) is 2.53. The molecule has 0 heterocycles. The number of urea groups is 1. The normalized spacial score (nSPS) is 11.0. The number of hydrogen-bond donors (Lipinski definition) is 2. The van der Waals surface area contributed by atoms with E-state index in [1.165, 1.54) is 11.9 Å². The second-order valence-corrected chi connectivity index (χ2v) is 7.43. The number of carbonyl (C=O) groups is 2. The lowest BCUT2D eigenvalue weighted by Crippen LogP contribution is -2.36. The summed E-state index contributed by atoms with van der Waals surface area (Å²) in [5, 5.41) is 2.33. The van der Waals surface area contributed by atoms with Crippen LogP contribution in [0.15, 0.2) is 53.4 Å². The fraction of sp³-hybridized carbons (Fsp3) is 0.263. The molecule has 0 aliphatic rings. The molecule has 0 spiro atoms. The van der Waals surface area contributed by atoms with Gasteiger partial charge in [0.25, 0.3) is 5.91 Å². The molecule has 0 saturated carbocycles. The Morgan fingerprint density at radius 1 is 0.958 bits per heavy atom. The van der Waals surface area contributed by atoms with Crippen LogP contribution in [0.2, 0.25) is 0 Å². The molecule has 4 nitrogen and oxygen atoms in total. The lowest BCUT2D eigenvalue weighted by atomic mass is 9.87. The lowest BCUT2D eigenvalue weighted by Gasteiger charge is -2.19. The Balaban J connectivity index is 1.92. The topological polar surface area (TPSA) is 58.2 Å². The number of imide groups is 1. The molecule has 5 heteroatoms. The van der Waals surface area contributed by atoms with Gasteiger partial charge in [-0.15, -0.1) is 0 Å². The molecule has 0 saturated heterocycles. The highest BCUT2D eigenvalue weighted by molar-refractivity contribution is 7.98. The molecule has 0 aliphatic heterocycles. The molecule has 0 radical (unpaired) electrons. The largest absolute Gasteiger partial charge is 0.331 e. The number of benzene rings is 2. The van der Waals surface area contributed by atoms with Gasteiger partial charge < -0.3 is 0 Å². The maximum Gasteiger partial charge on any atom is 0.331 e. The van der Waals surface area contributed by atoms with Crippen molar-refractivity contribution in [2.75, 3.05) is 0 Å². The predicted molar refractivity (Wildman–Crippen MR) is 98.2 cm³/mol. The van der Waals surface area contributed by atoms with Crippen molar-refractivity contribution in [3.8, 4) is 0 Å². The van der Waals surface area contributed by atoms with E-state index in [0.29, 0.717) is 5.56 Å². The van der Waals surface area contributed by atoms with Crippen LogP contribution in [0.25, 0.3) is 0 Å². The third kappa shape index (κ3) is 4.86. The number of amides is 3. The van der Waals surface area contributed by atoms with Gasteiger partial charge in [0.05, 0.1) is 0 Å². The Morgan fingerprint density at radius 2 is 1.58 bits per heavy atom. The highest BCUT2D eigenvalue weighted by atomic mass is 32.2. The van der Waals surface area contributed by atoms with Crippen LogP contribution in [-0.2, 0) is 5.41 Å². The van der Waals surface area contributed by atoms with E-state index >= 15 is 0 Å². The van der Waals surface area contributed by atoms with Gasteiger partial charge in [0.2, 0.25) is 0 Å². The fourth-order valence-electron chi connectivity index (χ4n) is 2.09. The SMILES string of the molecule is Cc1ccccc1SNC(=O)NC(=O)c1ccc(C(C)(C)C)cc1. The first-order valence-electron chi connectivity index (χ1n) is 7.72. The van der Waals surface area contributed by atoms with E-state index < -0.39 is 11.9 Å². The van der Waals surface area contributed by atoms with Gasteiger partial charge in [0.1, 0.15) is 0 Å². The van der Waals surface area contributed by atoms with Crippen molar-refractivity contribution in [2.45, 2.75) is 38.0 Å². The van der Waals surface area contributed by atoms with Crippen LogP contribution < -0.4 is 10.0 Å². The molecule has 2 N–H and O–H groups in total. The first-order valence-corrected chi connectivity index (χ1v) is 8.53. The highest BCUT2D eigenvalue weighted by Gasteiger charge is 2.15. The molecule has 0 fully saturated rings. The van der Waals surface area contributed by atoms with Crippen LogP contribution in [-0.4, -0.2) is 11.9 Å². The molecule has 3 amide bonds. The van der Waals surface area contributed by atoms with Crippen LogP contribution in [0, 0.1) is 6.92 Å². The van der Waals surface area contributed by atoms with Crippen LogP contribution in [0.3, 0.4) is 0 Å². The number of carbonyl (C=O) groups excluding carboxylic acids is 2. The standard InChI is InChI=1S/C19H22N2O2S/c1-13-7-5-6-8-16(13)24-21-18(23)20-17(22)14-9-11-15(12-10-14)19(2,3)4/h5-12H,1-4H3,(H2,20,21,22,23). The fourth-order valence-corrected chi connectivity index (χ4v) is 2.72. The zero-order valence-corrected chi connectivity index (χ0v) is 15.2. The molecular formula is C19H22N2O2S. The zero-order chi connectivity index (χ0) is 17.7. The Hall–Kier alpha value is -2.27. The van der Waals surface area contributed by atoms with E-state index in [-0.39, 0.29) is 5.41 Å². The van der Waals surface area contributed by atoms with E-state index in [4.69, 9.17) is 0 Å². The molecule has 2 aromatic carbocycles. The van der Waals surface area contributed by atoms with Crippen LogP contribution in [0.5, 0.6) is 0 Å². The molecule has 0 bridgehead atoms. The van der Waals surface area contributed by atoms with E-state index in [1.807, 2.05) is 43.3 Å². The third-order valence-corrected chi connectivity index (χ3v) is 4.55. The van der Waals surface area contributed by atoms with Crippen LogP contribution in [0.4, 0.5) is 4.79 Å². The quantitative estimate of drug-likeness (QED) is 0.811. The summed E-state index contributed by atoms with van der Waals surface area (Å²) in [6.07, 6.45) is 0. The van der Waals surface area contributed by atoms with Gasteiger partial charge >= 0.3 is 6.03 Å². The minimum absolute atomic E-state index is 0.0244. The second kappa shape index (κ2) is 7.53. The smallest absolute Gasteiger partial charge is 0.277 e. The molecule has 24 heavy (non-hydrogen) atoms. The van der Waals surface area contributed by atoms with Gasteiger partial charge in [-0.1, -0.05) is 51.1 Å². The maximum atomic E-state index is 12.1. The molecule has 2 aromatic rings. The van der Waals surface area contributed by atoms with E-state index in [2.05, 4.69) is 30.8 Å². The molecule has 0 atom stereocenters. The first kappa shape index (κ1) is 18.1. The molecule has 126 valence electrons. The van der Waals surface area contributed by atoms with Crippen molar-refractivity contribution in [3.63, 3.8) is 0 Å². The molecule has 0 aromatic heterocycles. The monoisotopic (exact) mass is 342 g/mol. The predicted octanol–water partition coefficient (Wildman–Crippen LogP) is 4.44. The summed E-state index contributed by atoms with van der Waals surface area (Å²) in [5.74, 6) is -0.418. The van der Waals surface area contributed by atoms with Gasteiger partial charge in [0, 0.05) is 10.5 Å². The minimum Gasteiger partial charge on any atom is -0.277 e. The number of hydrogen-bond acceptors (Lipinski definition) is 3. The Kier molecular flexibility index (Phi) is 5.67. The van der Waals surface area contributed by atoms with Crippen LogP contribution >= 0.6 is 11.9 Å². The van der Waals surface area contributed by atoms with Crippen molar-refractivity contribution in [1.29, 1.82) is 0 Å². The van der Waals surface area contributed by atoms with Crippen molar-refractivity contribution >= 4 is 23.9 Å². The molecular weight excluding hydrogens is 320 g/mol.